The molecule has 3 N–H and O–H groups in total. The SMILES string of the molecule is COC(=O)C(COC(=O)C1CCCN1C(C)=O)NC(=O)C(Cc1cc(F)cc(F)c1)NC(=O)NCCCCCC(C)C. The zero-order valence-corrected chi connectivity index (χ0v) is 24.7. The number of carbonyl (C=O) groups excluding carboxylic acids is 5. The van der Waals surface area contributed by atoms with Crippen molar-refractivity contribution in [3.63, 3.8) is 0 Å². The number of benzene rings is 1. The quantitative estimate of drug-likeness (QED) is 0.209. The van der Waals surface area contributed by atoms with Crippen LogP contribution < -0.4 is 16.0 Å². The summed E-state index contributed by atoms with van der Waals surface area (Å²) in [6, 6.07) is -1.55. The molecule has 1 fully saturated rings. The summed E-state index contributed by atoms with van der Waals surface area (Å²) in [6.45, 7) is 5.76. The second kappa shape index (κ2) is 17.2. The van der Waals surface area contributed by atoms with E-state index in [0.29, 0.717) is 37.9 Å². The Balaban J connectivity index is 2.08. The van der Waals surface area contributed by atoms with Gasteiger partial charge in [-0.2, -0.15) is 0 Å². The molecule has 1 aromatic rings. The molecular weight excluding hydrogens is 554 g/mol. The van der Waals surface area contributed by atoms with Crippen LogP contribution in [0.25, 0.3) is 0 Å². The number of halogens is 2. The molecular formula is C29H42F2N4O7. The van der Waals surface area contributed by atoms with Crippen LogP contribution in [0.3, 0.4) is 0 Å². The summed E-state index contributed by atoms with van der Waals surface area (Å²) in [4.78, 5) is 64.1. The van der Waals surface area contributed by atoms with Crippen LogP contribution in [-0.2, 0) is 35.1 Å². The van der Waals surface area contributed by atoms with Gasteiger partial charge in [0.25, 0.3) is 0 Å². The molecule has 3 atom stereocenters. The van der Waals surface area contributed by atoms with Gasteiger partial charge in [-0.05, 0) is 42.9 Å². The Morgan fingerprint density at radius 2 is 1.69 bits per heavy atom. The molecule has 1 heterocycles. The van der Waals surface area contributed by atoms with E-state index >= 15 is 0 Å². The van der Waals surface area contributed by atoms with Gasteiger partial charge in [-0.1, -0.05) is 33.1 Å². The Morgan fingerprint density at radius 3 is 2.31 bits per heavy atom. The van der Waals surface area contributed by atoms with Crippen molar-refractivity contribution in [2.75, 3.05) is 26.8 Å². The second-order valence-corrected chi connectivity index (χ2v) is 10.8. The van der Waals surface area contributed by atoms with Gasteiger partial charge in [0.05, 0.1) is 7.11 Å². The number of nitrogens with one attached hydrogen (secondary N) is 3. The van der Waals surface area contributed by atoms with Gasteiger partial charge in [-0.3, -0.25) is 9.59 Å². The van der Waals surface area contributed by atoms with E-state index in [2.05, 4.69) is 29.8 Å². The van der Waals surface area contributed by atoms with E-state index in [4.69, 9.17) is 9.47 Å². The van der Waals surface area contributed by atoms with Crippen LogP contribution >= 0.6 is 0 Å². The number of rotatable bonds is 15. The lowest BCUT2D eigenvalue weighted by Gasteiger charge is -2.24. The summed E-state index contributed by atoms with van der Waals surface area (Å²) in [5.74, 6) is -3.95. The Hall–Kier alpha value is -3.77. The van der Waals surface area contributed by atoms with Crippen LogP contribution in [0.4, 0.5) is 13.6 Å². The first-order valence-corrected chi connectivity index (χ1v) is 14.2. The van der Waals surface area contributed by atoms with Gasteiger partial charge in [0.1, 0.15) is 30.3 Å². The summed E-state index contributed by atoms with van der Waals surface area (Å²) in [5.41, 5.74) is 0.0910. The van der Waals surface area contributed by atoms with Gasteiger partial charge in [0.15, 0.2) is 6.04 Å². The first-order valence-electron chi connectivity index (χ1n) is 14.2. The molecule has 1 aliphatic heterocycles. The van der Waals surface area contributed by atoms with E-state index in [9.17, 15) is 32.8 Å². The van der Waals surface area contributed by atoms with E-state index in [0.717, 1.165) is 44.9 Å². The van der Waals surface area contributed by atoms with E-state index < -0.39 is 60.2 Å². The molecule has 4 amide bonds. The van der Waals surface area contributed by atoms with Crippen molar-refractivity contribution in [1.29, 1.82) is 0 Å². The summed E-state index contributed by atoms with van der Waals surface area (Å²) < 4.78 is 37.6. The summed E-state index contributed by atoms with van der Waals surface area (Å²) in [5, 5.41) is 7.55. The van der Waals surface area contributed by atoms with Crippen molar-refractivity contribution in [3.8, 4) is 0 Å². The first-order chi connectivity index (χ1) is 19.9. The highest BCUT2D eigenvalue weighted by atomic mass is 19.1. The predicted molar refractivity (Wildman–Crippen MR) is 149 cm³/mol. The molecule has 0 radical (unpaired) electrons. The number of nitrogens with zero attached hydrogens (tertiary/aromatic N) is 1. The summed E-state index contributed by atoms with van der Waals surface area (Å²) in [6.07, 6.45) is 4.45. The summed E-state index contributed by atoms with van der Waals surface area (Å²) in [7, 11) is 1.08. The maximum atomic E-state index is 13.8. The Kier molecular flexibility index (Phi) is 14.1. The largest absolute Gasteiger partial charge is 0.467 e. The number of hydrogen-bond acceptors (Lipinski definition) is 7. The topological polar surface area (TPSA) is 143 Å². The van der Waals surface area contributed by atoms with Gasteiger partial charge in [0.2, 0.25) is 11.8 Å². The highest BCUT2D eigenvalue weighted by Gasteiger charge is 2.35. The number of urea groups is 1. The van der Waals surface area contributed by atoms with Gasteiger partial charge in [-0.25, -0.2) is 23.2 Å². The minimum Gasteiger partial charge on any atom is -0.467 e. The third-order valence-electron chi connectivity index (χ3n) is 6.85. The Labute approximate surface area is 245 Å². The highest BCUT2D eigenvalue weighted by Crippen LogP contribution is 2.19. The van der Waals surface area contributed by atoms with Gasteiger partial charge in [-0.15, -0.1) is 0 Å². The molecule has 2 rings (SSSR count). The number of amides is 4. The predicted octanol–water partition coefficient (Wildman–Crippen LogP) is 2.60. The van der Waals surface area contributed by atoms with Crippen LogP contribution in [0.1, 0.15) is 64.9 Å². The molecule has 0 aromatic heterocycles. The van der Waals surface area contributed by atoms with Crippen LogP contribution in [0.2, 0.25) is 0 Å². The lowest BCUT2D eigenvalue weighted by molar-refractivity contribution is -0.157. The number of likely N-dealkylation sites (tertiary alicyclic amines) is 1. The maximum absolute atomic E-state index is 13.8. The van der Waals surface area contributed by atoms with Crippen molar-refractivity contribution in [1.82, 2.24) is 20.9 Å². The van der Waals surface area contributed by atoms with E-state index in [1.54, 1.807) is 0 Å². The lowest BCUT2D eigenvalue weighted by Crippen LogP contribution is -2.55. The normalized spacial score (nSPS) is 16.0. The summed E-state index contributed by atoms with van der Waals surface area (Å²) >= 11 is 0. The molecule has 1 saturated heterocycles. The fraction of sp³-hybridized carbons (Fsp3) is 0.621. The standard InChI is InChI=1S/C29H42F2N4O7/c1-18(2)9-6-5-7-11-32-29(40)34-23(15-20-13-21(30)16-22(31)14-20)26(37)33-24(27(38)41-4)17-42-28(39)25-10-8-12-35(25)19(3)36/h13-14,16,18,23-25H,5-12,15,17H2,1-4H3,(H,33,37)(H2,32,34,40). The molecule has 3 unspecified atom stereocenters. The van der Waals surface area contributed by atoms with Crippen LogP contribution in [0.15, 0.2) is 18.2 Å². The van der Waals surface area contributed by atoms with Crippen LogP contribution in [0, 0.1) is 17.6 Å². The average molecular weight is 597 g/mol. The zero-order valence-electron chi connectivity index (χ0n) is 24.7. The van der Waals surface area contributed by atoms with E-state index in [1.165, 1.54) is 11.8 Å². The fourth-order valence-corrected chi connectivity index (χ4v) is 4.67. The molecule has 0 aliphatic carbocycles. The minimum absolute atomic E-state index is 0.0910. The number of esters is 2. The second-order valence-electron chi connectivity index (χ2n) is 10.8. The third kappa shape index (κ3) is 11.6. The smallest absolute Gasteiger partial charge is 0.331 e. The Bertz CT molecular complexity index is 1080. The van der Waals surface area contributed by atoms with Gasteiger partial charge >= 0.3 is 18.0 Å². The van der Waals surface area contributed by atoms with E-state index in [1.807, 2.05) is 0 Å². The lowest BCUT2D eigenvalue weighted by atomic mass is 10.0. The van der Waals surface area contributed by atoms with Crippen molar-refractivity contribution in [3.05, 3.63) is 35.4 Å². The number of carbonyl (C=O) groups is 5. The Morgan fingerprint density at radius 1 is 1.00 bits per heavy atom. The molecule has 1 aromatic carbocycles. The van der Waals surface area contributed by atoms with Crippen molar-refractivity contribution in [2.24, 2.45) is 5.92 Å². The maximum Gasteiger partial charge on any atom is 0.331 e. The molecule has 1 aliphatic rings. The van der Waals surface area contributed by atoms with Crippen molar-refractivity contribution in [2.45, 2.75) is 83.8 Å². The molecule has 0 saturated carbocycles. The fourth-order valence-electron chi connectivity index (χ4n) is 4.67. The number of unbranched alkanes of at least 4 members (excludes halogenated alkanes) is 2. The molecule has 234 valence electrons. The first kappa shape index (κ1) is 34.4. The zero-order chi connectivity index (χ0) is 31.2. The third-order valence-corrected chi connectivity index (χ3v) is 6.85. The monoisotopic (exact) mass is 596 g/mol. The number of methoxy groups -OCH3 is 1. The minimum atomic E-state index is -1.45. The van der Waals surface area contributed by atoms with Gasteiger partial charge in [0, 0.05) is 32.5 Å². The number of ether oxygens (including phenoxy) is 2. The highest BCUT2D eigenvalue weighted by molar-refractivity contribution is 5.91. The van der Waals surface area contributed by atoms with Crippen molar-refractivity contribution < 1.29 is 42.2 Å². The average Bonchev–Trinajstić information content (AvgIpc) is 3.42. The van der Waals surface area contributed by atoms with Crippen LogP contribution in [-0.4, -0.2) is 79.6 Å². The van der Waals surface area contributed by atoms with Crippen LogP contribution in [0.5, 0.6) is 0 Å². The van der Waals surface area contributed by atoms with Gasteiger partial charge < -0.3 is 30.3 Å². The molecule has 0 bridgehead atoms. The number of hydrogen-bond donors (Lipinski definition) is 3. The molecule has 0 spiro atoms. The molecule has 11 nitrogen and oxygen atoms in total. The van der Waals surface area contributed by atoms with E-state index in [-0.39, 0.29) is 17.9 Å². The van der Waals surface area contributed by atoms with Crippen molar-refractivity contribution >= 4 is 29.8 Å². The molecule has 42 heavy (non-hydrogen) atoms. The molecule has 13 heteroatoms.